The fraction of sp³-hybridized carbons (Fsp3) is 0.125. The molecule has 0 aliphatic rings. The first-order valence-corrected chi connectivity index (χ1v) is 4.22. The molecule has 0 heterocycles. The summed E-state index contributed by atoms with van der Waals surface area (Å²) in [6, 6.07) is 2.60. The van der Waals surface area contributed by atoms with E-state index in [0.717, 1.165) is 0 Å². The van der Waals surface area contributed by atoms with Crippen molar-refractivity contribution < 1.29 is 4.39 Å². The molecule has 0 fully saturated rings. The minimum atomic E-state index is -0.538. The second-order valence-electron chi connectivity index (χ2n) is 2.43. The summed E-state index contributed by atoms with van der Waals surface area (Å²) in [5.74, 6) is 4.50. The van der Waals surface area contributed by atoms with Crippen LogP contribution in [0, 0.1) is 5.82 Å². The number of benzene rings is 1. The Bertz CT molecular complexity index is 363. The van der Waals surface area contributed by atoms with Crippen molar-refractivity contribution in [3.05, 3.63) is 33.6 Å². The molecule has 0 atom stereocenters. The molecule has 0 spiro atoms. The highest BCUT2D eigenvalue weighted by atomic mass is 35.5. The Balaban J connectivity index is 3.42. The number of hydrogen-bond acceptors (Lipinski definition) is 2. The van der Waals surface area contributed by atoms with Gasteiger partial charge in [-0.25, -0.2) is 4.39 Å². The van der Waals surface area contributed by atoms with Crippen molar-refractivity contribution in [1.82, 2.24) is 0 Å². The summed E-state index contributed by atoms with van der Waals surface area (Å²) in [4.78, 5) is 0. The van der Waals surface area contributed by atoms with Crippen molar-refractivity contribution in [3.8, 4) is 0 Å². The predicted molar refractivity (Wildman–Crippen MR) is 52.8 cm³/mol. The summed E-state index contributed by atoms with van der Waals surface area (Å²) in [5.41, 5.74) is 0.736. The lowest BCUT2D eigenvalue weighted by Crippen LogP contribution is -2.02. The van der Waals surface area contributed by atoms with Crippen molar-refractivity contribution in [2.24, 2.45) is 10.9 Å². The van der Waals surface area contributed by atoms with Crippen molar-refractivity contribution >= 4 is 28.9 Å². The van der Waals surface area contributed by atoms with Gasteiger partial charge in [0.2, 0.25) is 0 Å². The van der Waals surface area contributed by atoms with Gasteiger partial charge in [0.05, 0.1) is 15.8 Å². The maximum absolute atomic E-state index is 13.0. The zero-order valence-electron chi connectivity index (χ0n) is 6.81. The van der Waals surface area contributed by atoms with Gasteiger partial charge in [-0.1, -0.05) is 23.2 Å². The molecule has 0 bridgehead atoms. The molecule has 1 rings (SSSR count). The zero-order valence-corrected chi connectivity index (χ0v) is 8.33. The Hall–Kier alpha value is -0.800. The Morgan fingerprint density at radius 3 is 2.62 bits per heavy atom. The number of halogens is 3. The Morgan fingerprint density at radius 2 is 2.08 bits per heavy atom. The minimum Gasteiger partial charge on any atom is -0.323 e. The third kappa shape index (κ3) is 1.92. The predicted octanol–water partition coefficient (Wildman–Crippen LogP) is 2.82. The zero-order chi connectivity index (χ0) is 10.0. The summed E-state index contributed by atoms with van der Waals surface area (Å²) in [6.45, 7) is 1.60. The molecule has 0 saturated carbocycles. The fourth-order valence-corrected chi connectivity index (χ4v) is 1.57. The van der Waals surface area contributed by atoms with E-state index in [1.165, 1.54) is 12.1 Å². The average molecular weight is 221 g/mol. The maximum Gasteiger partial charge on any atom is 0.142 e. The number of rotatable bonds is 1. The fourth-order valence-electron chi connectivity index (χ4n) is 0.923. The number of hydrogen-bond donors (Lipinski definition) is 1. The van der Waals surface area contributed by atoms with Gasteiger partial charge in [0.15, 0.2) is 0 Å². The van der Waals surface area contributed by atoms with E-state index < -0.39 is 5.82 Å². The Kier molecular flexibility index (Phi) is 3.12. The van der Waals surface area contributed by atoms with E-state index in [9.17, 15) is 4.39 Å². The topological polar surface area (TPSA) is 38.4 Å². The Morgan fingerprint density at radius 1 is 1.46 bits per heavy atom. The molecule has 0 aliphatic carbocycles. The van der Waals surface area contributed by atoms with Gasteiger partial charge in [-0.3, -0.25) is 0 Å². The Labute approximate surface area is 85.1 Å². The normalized spacial score (nSPS) is 11.8. The molecule has 0 aliphatic heterocycles. The van der Waals surface area contributed by atoms with Gasteiger partial charge < -0.3 is 5.84 Å². The molecule has 1 aromatic rings. The second kappa shape index (κ2) is 3.94. The molecule has 2 nitrogen and oxygen atoms in total. The van der Waals surface area contributed by atoms with Crippen LogP contribution in [-0.2, 0) is 0 Å². The molecular weight excluding hydrogens is 214 g/mol. The number of nitrogens with zero attached hydrogens (tertiary/aromatic N) is 1. The average Bonchev–Trinajstić information content (AvgIpc) is 2.12. The monoisotopic (exact) mass is 220 g/mol. The van der Waals surface area contributed by atoms with Crippen LogP contribution in [0.15, 0.2) is 17.2 Å². The van der Waals surface area contributed by atoms with Crippen molar-refractivity contribution in [2.75, 3.05) is 0 Å². The molecule has 2 N–H and O–H groups in total. The van der Waals surface area contributed by atoms with Crippen LogP contribution in [0.4, 0.5) is 4.39 Å². The maximum atomic E-state index is 13.0. The third-order valence-corrected chi connectivity index (χ3v) is 2.28. The van der Waals surface area contributed by atoms with Crippen molar-refractivity contribution in [2.45, 2.75) is 6.92 Å². The van der Waals surface area contributed by atoms with Gasteiger partial charge >= 0.3 is 0 Å². The van der Waals surface area contributed by atoms with E-state index in [0.29, 0.717) is 16.3 Å². The second-order valence-corrected chi connectivity index (χ2v) is 3.22. The molecular formula is C8H7Cl2FN2. The van der Waals surface area contributed by atoms with Crippen LogP contribution >= 0.6 is 23.2 Å². The molecule has 5 heteroatoms. The van der Waals surface area contributed by atoms with E-state index in [2.05, 4.69) is 5.10 Å². The van der Waals surface area contributed by atoms with Gasteiger partial charge in [-0.05, 0) is 19.1 Å². The highest BCUT2D eigenvalue weighted by Crippen LogP contribution is 2.27. The molecule has 1 aromatic carbocycles. The van der Waals surface area contributed by atoms with E-state index in [4.69, 9.17) is 29.0 Å². The highest BCUT2D eigenvalue weighted by Gasteiger charge is 2.12. The molecule has 70 valence electrons. The molecule has 0 saturated heterocycles. The quantitative estimate of drug-likeness (QED) is 0.336. The summed E-state index contributed by atoms with van der Waals surface area (Å²) in [7, 11) is 0. The summed E-state index contributed by atoms with van der Waals surface area (Å²) in [5, 5.41) is 3.68. The molecule has 0 amide bonds. The van der Waals surface area contributed by atoms with Crippen LogP contribution < -0.4 is 5.84 Å². The SMILES string of the molecule is C/C(=N/N)c1c(Cl)ccc(F)c1Cl. The lowest BCUT2D eigenvalue weighted by atomic mass is 10.1. The van der Waals surface area contributed by atoms with E-state index in [-0.39, 0.29) is 5.02 Å². The summed E-state index contributed by atoms with van der Waals surface area (Å²) >= 11 is 11.5. The van der Waals surface area contributed by atoms with Gasteiger partial charge in [0.1, 0.15) is 5.82 Å². The lowest BCUT2D eigenvalue weighted by molar-refractivity contribution is 0.628. The number of hydrazone groups is 1. The van der Waals surface area contributed by atoms with Crippen molar-refractivity contribution in [3.63, 3.8) is 0 Å². The van der Waals surface area contributed by atoms with Gasteiger partial charge in [-0.15, -0.1) is 0 Å². The smallest absolute Gasteiger partial charge is 0.142 e. The largest absolute Gasteiger partial charge is 0.323 e. The van der Waals surface area contributed by atoms with E-state index in [1.807, 2.05) is 0 Å². The van der Waals surface area contributed by atoms with Crippen LogP contribution in [0.25, 0.3) is 0 Å². The first-order valence-electron chi connectivity index (χ1n) is 3.46. The van der Waals surface area contributed by atoms with Crippen LogP contribution in [0.2, 0.25) is 10.0 Å². The van der Waals surface area contributed by atoms with Gasteiger partial charge in [0, 0.05) is 5.56 Å². The van der Waals surface area contributed by atoms with E-state index in [1.54, 1.807) is 6.92 Å². The number of nitrogens with two attached hydrogens (primary N) is 1. The van der Waals surface area contributed by atoms with Gasteiger partial charge in [0.25, 0.3) is 0 Å². The molecule has 13 heavy (non-hydrogen) atoms. The van der Waals surface area contributed by atoms with Crippen LogP contribution in [0.5, 0.6) is 0 Å². The summed E-state index contributed by atoms with van der Waals surface area (Å²) < 4.78 is 13.0. The third-order valence-electron chi connectivity index (χ3n) is 1.60. The molecule has 0 radical (unpaired) electrons. The standard InChI is InChI=1S/C8H7Cl2FN2/c1-4(13-12)7-5(9)2-3-6(11)8(7)10/h2-3H,12H2,1H3/b13-4-. The first-order chi connectivity index (χ1) is 6.07. The first kappa shape index (κ1) is 10.3. The van der Waals surface area contributed by atoms with E-state index >= 15 is 0 Å². The van der Waals surface area contributed by atoms with Crippen LogP contribution in [-0.4, -0.2) is 5.71 Å². The molecule has 0 aromatic heterocycles. The highest BCUT2D eigenvalue weighted by molar-refractivity contribution is 6.40. The van der Waals surface area contributed by atoms with Crippen molar-refractivity contribution in [1.29, 1.82) is 0 Å². The minimum absolute atomic E-state index is 0.0563. The van der Waals surface area contributed by atoms with Gasteiger partial charge in [-0.2, -0.15) is 5.10 Å². The van der Waals surface area contributed by atoms with Crippen LogP contribution in [0.3, 0.4) is 0 Å². The summed E-state index contributed by atoms with van der Waals surface area (Å²) in [6.07, 6.45) is 0. The van der Waals surface area contributed by atoms with Crippen LogP contribution in [0.1, 0.15) is 12.5 Å². The lowest BCUT2D eigenvalue weighted by Gasteiger charge is -2.05. The molecule has 0 unspecified atom stereocenters.